The molecule has 0 amide bonds. The Morgan fingerprint density at radius 3 is 2.73 bits per heavy atom. The number of nitrogens with one attached hydrogen (secondary N) is 1. The summed E-state index contributed by atoms with van der Waals surface area (Å²) in [5, 5.41) is 23.8. The number of rotatable bonds is 6. The van der Waals surface area contributed by atoms with Crippen molar-refractivity contribution in [3.8, 4) is 11.5 Å². The van der Waals surface area contributed by atoms with Crippen molar-refractivity contribution in [3.63, 3.8) is 0 Å². The fourth-order valence-corrected chi connectivity index (χ4v) is 2.22. The molecule has 2 N–H and O–H groups in total. The Balaban J connectivity index is 2.12. The number of ether oxygens (including phenoxy) is 1. The minimum absolute atomic E-state index is 0.0326. The minimum Gasteiger partial charge on any atom is -0.508 e. The first kappa shape index (κ1) is 15.8. The van der Waals surface area contributed by atoms with E-state index < -0.39 is 4.92 Å². The summed E-state index contributed by atoms with van der Waals surface area (Å²) in [7, 11) is 1.61. The Bertz CT molecular complexity index is 673. The van der Waals surface area contributed by atoms with Crippen molar-refractivity contribution in [2.45, 2.75) is 19.5 Å². The predicted molar refractivity (Wildman–Crippen MR) is 83.0 cm³/mol. The molecule has 0 heterocycles. The average Bonchev–Trinajstić information content (AvgIpc) is 2.53. The van der Waals surface area contributed by atoms with Gasteiger partial charge in [0.05, 0.1) is 12.0 Å². The number of methoxy groups -OCH3 is 1. The van der Waals surface area contributed by atoms with Crippen LogP contribution in [0.4, 0.5) is 5.69 Å². The molecule has 2 aromatic rings. The van der Waals surface area contributed by atoms with E-state index in [1.54, 1.807) is 7.11 Å². The van der Waals surface area contributed by atoms with Crippen LogP contribution in [0.15, 0.2) is 42.5 Å². The molecule has 0 saturated carbocycles. The molecule has 0 spiro atoms. The van der Waals surface area contributed by atoms with E-state index in [9.17, 15) is 15.2 Å². The smallest absolute Gasteiger partial charge is 0.270 e. The predicted octanol–water partition coefficient (Wildman–Crippen LogP) is 3.16. The number of hydrogen-bond donors (Lipinski definition) is 2. The Hall–Kier alpha value is -2.60. The van der Waals surface area contributed by atoms with Gasteiger partial charge in [0.25, 0.3) is 5.69 Å². The minimum atomic E-state index is -0.480. The van der Waals surface area contributed by atoms with E-state index in [0.717, 1.165) is 11.3 Å². The summed E-state index contributed by atoms with van der Waals surface area (Å²) in [6.07, 6.45) is 0. The zero-order valence-electron chi connectivity index (χ0n) is 12.4. The maximum atomic E-state index is 10.8. The standard InChI is InChI=1S/C16H18N2O4/c1-11(14-5-3-4-6-16(14)22-2)17-10-12-9-13(18(20)21)7-8-15(12)19/h3-9,11,17,19H,10H2,1-2H3/t11-/m1/s1. The molecule has 6 nitrogen and oxygen atoms in total. The van der Waals surface area contributed by atoms with Crippen LogP contribution in [0.5, 0.6) is 11.5 Å². The first-order chi connectivity index (χ1) is 10.5. The third kappa shape index (κ3) is 3.53. The number of nitro benzene ring substituents is 1. The number of hydrogen-bond acceptors (Lipinski definition) is 5. The van der Waals surface area contributed by atoms with Crippen molar-refractivity contribution in [3.05, 3.63) is 63.7 Å². The number of aromatic hydroxyl groups is 1. The first-order valence-electron chi connectivity index (χ1n) is 6.85. The van der Waals surface area contributed by atoms with Crippen LogP contribution in [0.2, 0.25) is 0 Å². The number of nitrogens with zero attached hydrogens (tertiary/aromatic N) is 1. The summed E-state index contributed by atoms with van der Waals surface area (Å²) in [5.74, 6) is 0.802. The average molecular weight is 302 g/mol. The van der Waals surface area contributed by atoms with E-state index in [1.165, 1.54) is 18.2 Å². The molecular formula is C16H18N2O4. The molecule has 22 heavy (non-hydrogen) atoms. The second-order valence-corrected chi connectivity index (χ2v) is 4.91. The molecule has 0 aliphatic carbocycles. The molecule has 0 aromatic heterocycles. The lowest BCUT2D eigenvalue weighted by Crippen LogP contribution is -2.18. The lowest BCUT2D eigenvalue weighted by atomic mass is 10.1. The van der Waals surface area contributed by atoms with Crippen LogP contribution < -0.4 is 10.1 Å². The molecule has 0 bridgehead atoms. The van der Waals surface area contributed by atoms with Gasteiger partial charge in [0.15, 0.2) is 0 Å². The topological polar surface area (TPSA) is 84.6 Å². The van der Waals surface area contributed by atoms with Crippen LogP contribution in [0, 0.1) is 10.1 Å². The highest BCUT2D eigenvalue weighted by molar-refractivity contribution is 5.43. The molecule has 2 aromatic carbocycles. The summed E-state index contributed by atoms with van der Waals surface area (Å²) in [4.78, 5) is 10.3. The molecule has 0 aliphatic heterocycles. The van der Waals surface area contributed by atoms with Crippen LogP contribution in [0.1, 0.15) is 24.1 Å². The zero-order chi connectivity index (χ0) is 16.1. The maximum Gasteiger partial charge on any atom is 0.270 e. The highest BCUT2D eigenvalue weighted by Gasteiger charge is 2.13. The Morgan fingerprint density at radius 2 is 2.05 bits per heavy atom. The molecule has 0 fully saturated rings. The monoisotopic (exact) mass is 302 g/mol. The largest absolute Gasteiger partial charge is 0.508 e. The number of phenolic OH excluding ortho intramolecular Hbond substituents is 1. The number of non-ortho nitro benzene ring substituents is 1. The van der Waals surface area contributed by atoms with Gasteiger partial charge in [-0.3, -0.25) is 10.1 Å². The summed E-state index contributed by atoms with van der Waals surface area (Å²) in [5.41, 5.74) is 1.42. The summed E-state index contributed by atoms with van der Waals surface area (Å²) in [6.45, 7) is 2.28. The number of nitro groups is 1. The third-order valence-electron chi connectivity index (χ3n) is 3.48. The van der Waals surface area contributed by atoms with Crippen molar-refractivity contribution in [2.75, 3.05) is 7.11 Å². The van der Waals surface area contributed by atoms with Gasteiger partial charge in [0, 0.05) is 35.8 Å². The van der Waals surface area contributed by atoms with Gasteiger partial charge in [-0.05, 0) is 19.1 Å². The van der Waals surface area contributed by atoms with Crippen molar-refractivity contribution in [2.24, 2.45) is 0 Å². The molecule has 0 aliphatic rings. The van der Waals surface area contributed by atoms with Crippen molar-refractivity contribution < 1.29 is 14.8 Å². The molecule has 0 unspecified atom stereocenters. The Morgan fingerprint density at radius 1 is 1.32 bits per heavy atom. The first-order valence-corrected chi connectivity index (χ1v) is 6.85. The highest BCUT2D eigenvalue weighted by atomic mass is 16.6. The lowest BCUT2D eigenvalue weighted by Gasteiger charge is -2.17. The van der Waals surface area contributed by atoms with E-state index in [0.29, 0.717) is 12.1 Å². The van der Waals surface area contributed by atoms with Crippen LogP contribution in [0.3, 0.4) is 0 Å². The summed E-state index contributed by atoms with van der Waals surface area (Å²) >= 11 is 0. The number of para-hydroxylation sites is 1. The van der Waals surface area contributed by atoms with E-state index in [2.05, 4.69) is 5.32 Å². The van der Waals surface area contributed by atoms with Gasteiger partial charge in [0.2, 0.25) is 0 Å². The quantitative estimate of drug-likeness (QED) is 0.632. The fourth-order valence-electron chi connectivity index (χ4n) is 2.22. The van der Waals surface area contributed by atoms with Crippen LogP contribution in [0.25, 0.3) is 0 Å². The third-order valence-corrected chi connectivity index (χ3v) is 3.48. The van der Waals surface area contributed by atoms with Gasteiger partial charge >= 0.3 is 0 Å². The highest BCUT2D eigenvalue weighted by Crippen LogP contribution is 2.26. The van der Waals surface area contributed by atoms with E-state index in [1.807, 2.05) is 31.2 Å². The van der Waals surface area contributed by atoms with Gasteiger partial charge in [-0.1, -0.05) is 18.2 Å². The van der Waals surface area contributed by atoms with E-state index >= 15 is 0 Å². The van der Waals surface area contributed by atoms with E-state index in [4.69, 9.17) is 4.74 Å². The molecule has 0 radical (unpaired) electrons. The molecule has 1 atom stereocenters. The SMILES string of the molecule is COc1ccccc1[C@@H](C)NCc1cc([N+](=O)[O-])ccc1O. The Kier molecular flexibility index (Phi) is 4.95. The molecule has 6 heteroatoms. The molecular weight excluding hydrogens is 284 g/mol. The van der Waals surface area contributed by atoms with Gasteiger partial charge in [-0.2, -0.15) is 0 Å². The fraction of sp³-hybridized carbons (Fsp3) is 0.250. The lowest BCUT2D eigenvalue weighted by molar-refractivity contribution is -0.384. The van der Waals surface area contributed by atoms with Gasteiger partial charge < -0.3 is 15.2 Å². The van der Waals surface area contributed by atoms with Crippen LogP contribution >= 0.6 is 0 Å². The second kappa shape index (κ2) is 6.91. The van der Waals surface area contributed by atoms with Crippen molar-refractivity contribution in [1.82, 2.24) is 5.32 Å². The zero-order valence-corrected chi connectivity index (χ0v) is 12.4. The normalized spacial score (nSPS) is 11.9. The van der Waals surface area contributed by atoms with Crippen LogP contribution in [-0.4, -0.2) is 17.1 Å². The summed E-state index contributed by atoms with van der Waals surface area (Å²) < 4.78 is 5.31. The number of phenols is 1. The Labute approximate surface area is 128 Å². The van der Waals surface area contributed by atoms with E-state index in [-0.39, 0.29) is 17.5 Å². The molecule has 0 saturated heterocycles. The summed E-state index contributed by atoms with van der Waals surface area (Å²) in [6, 6.07) is 11.6. The van der Waals surface area contributed by atoms with Crippen LogP contribution in [-0.2, 0) is 6.54 Å². The number of benzene rings is 2. The van der Waals surface area contributed by atoms with Crippen molar-refractivity contribution in [1.29, 1.82) is 0 Å². The van der Waals surface area contributed by atoms with Gasteiger partial charge in [-0.15, -0.1) is 0 Å². The molecule has 116 valence electrons. The molecule has 2 rings (SSSR count). The second-order valence-electron chi connectivity index (χ2n) is 4.91. The van der Waals surface area contributed by atoms with Gasteiger partial charge in [0.1, 0.15) is 11.5 Å². The van der Waals surface area contributed by atoms with Crippen molar-refractivity contribution >= 4 is 5.69 Å². The van der Waals surface area contributed by atoms with Gasteiger partial charge in [-0.25, -0.2) is 0 Å². The maximum absolute atomic E-state index is 10.8.